The molecule has 2 N–H and O–H groups in total. The molecule has 0 aromatic rings. The quantitative estimate of drug-likeness (QED) is 0.767. The van der Waals surface area contributed by atoms with Crippen molar-refractivity contribution in [2.45, 2.75) is 65.0 Å². The summed E-state index contributed by atoms with van der Waals surface area (Å²) in [6, 6.07) is 0.357. The second-order valence-electron chi connectivity index (χ2n) is 5.53. The average Bonchev–Trinajstić information content (AvgIpc) is 2.46. The number of hydrogen-bond acceptors (Lipinski definition) is 3. The molecular formula is C15H31N3O. The number of nitrogens with two attached hydrogens (primary N) is 1. The van der Waals surface area contributed by atoms with Gasteiger partial charge in [0.2, 0.25) is 5.91 Å². The molecule has 0 aromatic heterocycles. The normalized spacial score (nSPS) is 18.9. The Balaban J connectivity index is 2.38. The van der Waals surface area contributed by atoms with Gasteiger partial charge in [-0.15, -0.1) is 0 Å². The van der Waals surface area contributed by atoms with E-state index >= 15 is 0 Å². The van der Waals surface area contributed by atoms with Gasteiger partial charge in [-0.3, -0.25) is 4.79 Å². The number of amides is 1. The van der Waals surface area contributed by atoms with Crippen molar-refractivity contribution in [1.29, 1.82) is 0 Å². The summed E-state index contributed by atoms with van der Waals surface area (Å²) in [6.45, 7) is 10.5. The van der Waals surface area contributed by atoms with Gasteiger partial charge in [-0.2, -0.15) is 0 Å². The molecule has 1 fully saturated rings. The van der Waals surface area contributed by atoms with Crippen LogP contribution in [0.3, 0.4) is 0 Å². The van der Waals surface area contributed by atoms with E-state index < -0.39 is 0 Å². The minimum Gasteiger partial charge on any atom is -0.341 e. The van der Waals surface area contributed by atoms with Gasteiger partial charge in [0.1, 0.15) is 0 Å². The number of likely N-dealkylation sites (tertiary alicyclic amines) is 1. The Hall–Kier alpha value is -0.610. The molecule has 1 aliphatic rings. The van der Waals surface area contributed by atoms with Crippen LogP contribution in [0.25, 0.3) is 0 Å². The van der Waals surface area contributed by atoms with Crippen LogP contribution in [0.15, 0.2) is 0 Å². The average molecular weight is 269 g/mol. The van der Waals surface area contributed by atoms with Crippen molar-refractivity contribution >= 4 is 5.91 Å². The lowest BCUT2D eigenvalue weighted by molar-refractivity contribution is -0.134. The molecule has 1 atom stereocenters. The molecule has 0 bridgehead atoms. The van der Waals surface area contributed by atoms with Gasteiger partial charge in [0.25, 0.3) is 0 Å². The summed E-state index contributed by atoms with van der Waals surface area (Å²) < 4.78 is 0. The summed E-state index contributed by atoms with van der Waals surface area (Å²) >= 11 is 0. The molecule has 1 amide bonds. The Labute approximate surface area is 118 Å². The fourth-order valence-corrected chi connectivity index (χ4v) is 2.97. The first kappa shape index (κ1) is 16.4. The standard InChI is InChI=1S/C15H31N3O/c1-4-7-8-14(16)15(19)18-11-9-13(10-12-18)17(5-2)6-3/h13-14H,4-12,16H2,1-3H3. The first-order chi connectivity index (χ1) is 9.13. The topological polar surface area (TPSA) is 49.6 Å². The fraction of sp³-hybridized carbons (Fsp3) is 0.933. The third kappa shape index (κ3) is 4.77. The van der Waals surface area contributed by atoms with Gasteiger partial charge in [-0.05, 0) is 32.4 Å². The van der Waals surface area contributed by atoms with Crippen molar-refractivity contribution in [3.8, 4) is 0 Å². The van der Waals surface area contributed by atoms with Gasteiger partial charge in [0.15, 0.2) is 0 Å². The molecule has 1 aliphatic heterocycles. The maximum absolute atomic E-state index is 12.2. The highest BCUT2D eigenvalue weighted by Crippen LogP contribution is 2.17. The van der Waals surface area contributed by atoms with Gasteiger partial charge in [0, 0.05) is 19.1 Å². The summed E-state index contributed by atoms with van der Waals surface area (Å²) in [6.07, 6.45) is 5.15. The number of nitrogens with zero attached hydrogens (tertiary/aromatic N) is 2. The number of carbonyl (C=O) groups is 1. The SMILES string of the molecule is CCCCC(N)C(=O)N1CCC(N(CC)CC)CC1. The van der Waals surface area contributed by atoms with E-state index in [4.69, 9.17) is 5.73 Å². The molecule has 1 heterocycles. The van der Waals surface area contributed by atoms with E-state index in [-0.39, 0.29) is 11.9 Å². The summed E-state index contributed by atoms with van der Waals surface area (Å²) in [4.78, 5) is 16.7. The molecule has 112 valence electrons. The van der Waals surface area contributed by atoms with Crippen LogP contribution in [-0.2, 0) is 4.79 Å². The summed E-state index contributed by atoms with van der Waals surface area (Å²) in [5.74, 6) is 0.159. The molecule has 1 rings (SSSR count). The van der Waals surface area contributed by atoms with Crippen LogP contribution in [0.2, 0.25) is 0 Å². The molecule has 0 radical (unpaired) electrons. The van der Waals surface area contributed by atoms with Gasteiger partial charge in [-0.25, -0.2) is 0 Å². The van der Waals surface area contributed by atoms with Crippen LogP contribution < -0.4 is 5.73 Å². The highest BCUT2D eigenvalue weighted by molar-refractivity contribution is 5.81. The van der Waals surface area contributed by atoms with Gasteiger partial charge >= 0.3 is 0 Å². The van der Waals surface area contributed by atoms with Crippen molar-refractivity contribution in [3.63, 3.8) is 0 Å². The number of unbranched alkanes of at least 4 members (excludes halogenated alkanes) is 1. The van der Waals surface area contributed by atoms with Crippen LogP contribution >= 0.6 is 0 Å². The van der Waals surface area contributed by atoms with E-state index in [1.165, 1.54) is 0 Å². The van der Waals surface area contributed by atoms with E-state index in [9.17, 15) is 4.79 Å². The lowest BCUT2D eigenvalue weighted by Crippen LogP contribution is -2.51. The first-order valence-electron chi connectivity index (χ1n) is 7.92. The molecule has 4 nitrogen and oxygen atoms in total. The van der Waals surface area contributed by atoms with Crippen LogP contribution in [0.4, 0.5) is 0 Å². The Kier molecular flexibility index (Phi) is 7.39. The number of rotatable bonds is 7. The molecule has 19 heavy (non-hydrogen) atoms. The second kappa shape index (κ2) is 8.54. The highest BCUT2D eigenvalue weighted by atomic mass is 16.2. The third-order valence-electron chi connectivity index (χ3n) is 4.29. The van der Waals surface area contributed by atoms with E-state index in [0.717, 1.165) is 58.3 Å². The van der Waals surface area contributed by atoms with Gasteiger partial charge in [0.05, 0.1) is 6.04 Å². The van der Waals surface area contributed by atoms with Gasteiger partial charge in [-0.1, -0.05) is 33.6 Å². The Morgan fingerprint density at radius 3 is 2.32 bits per heavy atom. The predicted octanol–water partition coefficient (Wildman–Crippen LogP) is 1.84. The highest BCUT2D eigenvalue weighted by Gasteiger charge is 2.27. The molecule has 0 aliphatic carbocycles. The maximum atomic E-state index is 12.2. The molecule has 0 aromatic carbocycles. The first-order valence-corrected chi connectivity index (χ1v) is 7.92. The minimum atomic E-state index is -0.287. The molecule has 4 heteroatoms. The maximum Gasteiger partial charge on any atom is 0.239 e. The van der Waals surface area contributed by atoms with Crippen LogP contribution in [0.5, 0.6) is 0 Å². The van der Waals surface area contributed by atoms with E-state index in [0.29, 0.717) is 6.04 Å². The predicted molar refractivity (Wildman–Crippen MR) is 80.0 cm³/mol. The Morgan fingerprint density at radius 1 is 1.26 bits per heavy atom. The number of carbonyl (C=O) groups excluding carboxylic acids is 1. The van der Waals surface area contributed by atoms with Crippen LogP contribution in [0.1, 0.15) is 52.9 Å². The fourth-order valence-electron chi connectivity index (χ4n) is 2.97. The Bertz CT molecular complexity index is 258. The number of piperidine rings is 1. The smallest absolute Gasteiger partial charge is 0.239 e. The van der Waals surface area contributed by atoms with Gasteiger partial charge < -0.3 is 15.5 Å². The van der Waals surface area contributed by atoms with E-state index in [2.05, 4.69) is 25.7 Å². The molecule has 1 saturated heterocycles. The van der Waals surface area contributed by atoms with E-state index in [1.807, 2.05) is 4.90 Å². The lowest BCUT2D eigenvalue weighted by Gasteiger charge is -2.38. The zero-order chi connectivity index (χ0) is 14.3. The van der Waals surface area contributed by atoms with Crippen LogP contribution in [-0.4, -0.2) is 54.0 Å². The monoisotopic (exact) mass is 269 g/mol. The number of hydrogen-bond donors (Lipinski definition) is 1. The summed E-state index contributed by atoms with van der Waals surface area (Å²) in [7, 11) is 0. The Morgan fingerprint density at radius 2 is 1.84 bits per heavy atom. The lowest BCUT2D eigenvalue weighted by atomic mass is 10.0. The second-order valence-corrected chi connectivity index (χ2v) is 5.53. The third-order valence-corrected chi connectivity index (χ3v) is 4.29. The van der Waals surface area contributed by atoms with Crippen molar-refractivity contribution in [1.82, 2.24) is 9.80 Å². The van der Waals surface area contributed by atoms with Crippen LogP contribution in [0, 0.1) is 0 Å². The summed E-state index contributed by atoms with van der Waals surface area (Å²) in [5, 5.41) is 0. The molecule has 0 spiro atoms. The van der Waals surface area contributed by atoms with Crippen molar-refractivity contribution in [3.05, 3.63) is 0 Å². The largest absolute Gasteiger partial charge is 0.341 e. The molecule has 1 unspecified atom stereocenters. The van der Waals surface area contributed by atoms with Crippen molar-refractivity contribution in [2.24, 2.45) is 5.73 Å². The van der Waals surface area contributed by atoms with Crippen molar-refractivity contribution < 1.29 is 4.79 Å². The zero-order valence-corrected chi connectivity index (χ0v) is 12.9. The molecular weight excluding hydrogens is 238 g/mol. The zero-order valence-electron chi connectivity index (χ0n) is 12.9. The minimum absolute atomic E-state index is 0.159. The van der Waals surface area contributed by atoms with Crippen molar-refractivity contribution in [2.75, 3.05) is 26.2 Å². The summed E-state index contributed by atoms with van der Waals surface area (Å²) in [5.41, 5.74) is 5.98. The molecule has 0 saturated carbocycles. The van der Waals surface area contributed by atoms with E-state index in [1.54, 1.807) is 0 Å².